The number of benzene rings is 2. The smallest absolute Gasteiger partial charge is 0.229 e. The van der Waals surface area contributed by atoms with Crippen LogP contribution >= 0.6 is 0 Å². The van der Waals surface area contributed by atoms with Gasteiger partial charge in [-0.1, -0.05) is 12.1 Å². The highest BCUT2D eigenvalue weighted by molar-refractivity contribution is 5.91. The van der Waals surface area contributed by atoms with Crippen molar-refractivity contribution in [1.29, 1.82) is 0 Å². The first kappa shape index (κ1) is 24.3. The van der Waals surface area contributed by atoms with Gasteiger partial charge in [0, 0.05) is 49.6 Å². The maximum absolute atomic E-state index is 15.0. The molecule has 2 aromatic heterocycles. The Morgan fingerprint density at radius 3 is 2.80 bits per heavy atom. The molecule has 2 aromatic carbocycles. The largest absolute Gasteiger partial charge is 0.396 e. The van der Waals surface area contributed by atoms with Crippen LogP contribution in [0.5, 0.6) is 0 Å². The summed E-state index contributed by atoms with van der Waals surface area (Å²) in [5, 5.41) is 18.0. The Morgan fingerprint density at radius 1 is 1.23 bits per heavy atom. The first-order valence-corrected chi connectivity index (χ1v) is 11.6. The summed E-state index contributed by atoms with van der Waals surface area (Å²) in [5.74, 6) is -0.0339. The van der Waals surface area contributed by atoms with Gasteiger partial charge in [-0.2, -0.15) is 10.1 Å². The van der Waals surface area contributed by atoms with Crippen molar-refractivity contribution in [2.75, 3.05) is 30.4 Å². The number of aliphatic imine (C=N–C) groups is 1. The third kappa shape index (κ3) is 5.00. The summed E-state index contributed by atoms with van der Waals surface area (Å²) in [6, 6.07) is 11.8. The lowest BCUT2D eigenvalue weighted by Gasteiger charge is -2.25. The second-order valence-electron chi connectivity index (χ2n) is 8.25. The van der Waals surface area contributed by atoms with E-state index in [9.17, 15) is 9.50 Å². The lowest BCUT2D eigenvalue weighted by atomic mass is 10.1. The molecule has 0 amide bonds. The average Bonchev–Trinajstić information content (AvgIpc) is 3.16. The summed E-state index contributed by atoms with van der Waals surface area (Å²) in [6.45, 7) is 7.14. The Hall–Kier alpha value is -3.85. The van der Waals surface area contributed by atoms with Gasteiger partial charge in [-0.05, 0) is 57.0 Å². The van der Waals surface area contributed by atoms with Crippen LogP contribution in [0.3, 0.4) is 0 Å². The SMILES string of the molecule is CCN(c1cccc(C)c1/C=N\C)c1nc(Nc2ccc3c(C)nn(CCCO)c3c2)ncc1F. The number of halogens is 1. The summed E-state index contributed by atoms with van der Waals surface area (Å²) in [5.41, 5.74) is 5.42. The molecule has 0 saturated carbocycles. The number of hydrogen-bond donors (Lipinski definition) is 2. The number of anilines is 4. The molecule has 9 heteroatoms. The molecule has 0 radical (unpaired) electrons. The molecule has 0 aliphatic carbocycles. The van der Waals surface area contributed by atoms with Crippen LogP contribution in [0, 0.1) is 19.7 Å². The average molecular weight is 476 g/mol. The molecule has 4 aromatic rings. The molecule has 0 unspecified atom stereocenters. The van der Waals surface area contributed by atoms with Gasteiger partial charge in [-0.3, -0.25) is 9.67 Å². The molecular weight excluding hydrogens is 445 g/mol. The summed E-state index contributed by atoms with van der Waals surface area (Å²) < 4.78 is 16.9. The van der Waals surface area contributed by atoms with E-state index < -0.39 is 5.82 Å². The van der Waals surface area contributed by atoms with Gasteiger partial charge < -0.3 is 15.3 Å². The predicted octanol–water partition coefficient (Wildman–Crippen LogP) is 4.91. The molecule has 0 fully saturated rings. The molecule has 4 rings (SSSR count). The van der Waals surface area contributed by atoms with Crippen molar-refractivity contribution in [3.8, 4) is 0 Å². The van der Waals surface area contributed by atoms with Gasteiger partial charge in [0.2, 0.25) is 5.95 Å². The van der Waals surface area contributed by atoms with E-state index in [1.165, 1.54) is 6.20 Å². The molecule has 0 aliphatic heterocycles. The Bertz CT molecular complexity index is 1370. The van der Waals surface area contributed by atoms with E-state index in [1.54, 1.807) is 13.3 Å². The van der Waals surface area contributed by atoms with Gasteiger partial charge in [-0.15, -0.1) is 0 Å². The Balaban J connectivity index is 1.70. The van der Waals surface area contributed by atoms with Gasteiger partial charge in [0.15, 0.2) is 11.6 Å². The van der Waals surface area contributed by atoms with E-state index in [2.05, 4.69) is 25.4 Å². The number of fused-ring (bicyclic) bond motifs is 1. The maximum Gasteiger partial charge on any atom is 0.229 e. The minimum Gasteiger partial charge on any atom is -0.396 e. The lowest BCUT2D eigenvalue weighted by molar-refractivity contribution is 0.278. The van der Waals surface area contributed by atoms with Crippen molar-refractivity contribution in [2.24, 2.45) is 4.99 Å². The molecule has 2 heterocycles. The normalized spacial score (nSPS) is 11.5. The lowest BCUT2D eigenvalue weighted by Crippen LogP contribution is -2.21. The van der Waals surface area contributed by atoms with E-state index in [4.69, 9.17) is 0 Å². The zero-order chi connectivity index (χ0) is 24.9. The molecule has 0 bridgehead atoms. The number of hydrogen-bond acceptors (Lipinski definition) is 7. The zero-order valence-electron chi connectivity index (χ0n) is 20.5. The highest BCUT2D eigenvalue weighted by atomic mass is 19.1. The first-order chi connectivity index (χ1) is 17.0. The van der Waals surface area contributed by atoms with Gasteiger partial charge >= 0.3 is 0 Å². The van der Waals surface area contributed by atoms with Gasteiger partial charge in [0.05, 0.1) is 23.1 Å². The molecule has 0 aliphatic rings. The Labute approximate surface area is 204 Å². The monoisotopic (exact) mass is 475 g/mol. The van der Waals surface area contributed by atoms with Gasteiger partial charge in [0.1, 0.15) is 0 Å². The molecule has 0 spiro atoms. The van der Waals surface area contributed by atoms with E-state index in [0.717, 1.165) is 39.1 Å². The number of aliphatic hydroxyl groups excluding tert-OH is 1. The number of nitrogens with zero attached hydrogens (tertiary/aromatic N) is 6. The minimum atomic E-state index is -0.508. The zero-order valence-corrected chi connectivity index (χ0v) is 20.5. The molecule has 0 atom stereocenters. The molecule has 8 nitrogen and oxygen atoms in total. The van der Waals surface area contributed by atoms with Gasteiger partial charge in [0.25, 0.3) is 0 Å². The standard InChI is InChI=1S/C26H30FN7O/c1-5-33(23-9-6-8-17(2)21(23)15-28-4)25-22(27)16-29-26(31-25)30-19-10-11-20-18(3)32-34(12-7-13-35)24(20)14-19/h6,8-11,14-16,35H,5,7,12-13H2,1-4H3,(H,29,30,31)/b28-15-. The van der Waals surface area contributed by atoms with Crippen LogP contribution < -0.4 is 10.2 Å². The van der Waals surface area contributed by atoms with E-state index in [-0.39, 0.29) is 18.4 Å². The number of aryl methyl sites for hydroxylation is 3. The van der Waals surface area contributed by atoms with Crippen LogP contribution in [0.15, 0.2) is 47.6 Å². The molecule has 0 saturated heterocycles. The van der Waals surface area contributed by atoms with Crippen LogP contribution in [-0.2, 0) is 6.54 Å². The van der Waals surface area contributed by atoms with Crippen molar-refractivity contribution in [3.63, 3.8) is 0 Å². The minimum absolute atomic E-state index is 0.102. The second-order valence-corrected chi connectivity index (χ2v) is 8.25. The fourth-order valence-electron chi connectivity index (χ4n) is 4.18. The van der Waals surface area contributed by atoms with Crippen molar-refractivity contribution in [3.05, 3.63) is 65.2 Å². The fraction of sp³-hybridized carbons (Fsp3) is 0.308. The summed E-state index contributed by atoms with van der Waals surface area (Å²) in [4.78, 5) is 14.7. The van der Waals surface area contributed by atoms with E-state index >= 15 is 0 Å². The van der Waals surface area contributed by atoms with Crippen molar-refractivity contribution in [2.45, 2.75) is 33.7 Å². The highest BCUT2D eigenvalue weighted by Crippen LogP contribution is 2.31. The third-order valence-corrected chi connectivity index (χ3v) is 5.87. The maximum atomic E-state index is 15.0. The number of aromatic nitrogens is 4. The van der Waals surface area contributed by atoms with Crippen molar-refractivity contribution < 1.29 is 9.50 Å². The number of rotatable bonds is 9. The topological polar surface area (TPSA) is 91.5 Å². The predicted molar refractivity (Wildman–Crippen MR) is 139 cm³/mol. The highest BCUT2D eigenvalue weighted by Gasteiger charge is 2.19. The summed E-state index contributed by atoms with van der Waals surface area (Å²) in [6.07, 6.45) is 3.59. The molecule has 35 heavy (non-hydrogen) atoms. The van der Waals surface area contributed by atoms with Crippen molar-refractivity contribution in [1.82, 2.24) is 19.7 Å². The Morgan fingerprint density at radius 2 is 2.06 bits per heavy atom. The quantitative estimate of drug-likeness (QED) is 0.334. The fourth-order valence-corrected chi connectivity index (χ4v) is 4.18. The van der Waals surface area contributed by atoms with Crippen molar-refractivity contribution >= 4 is 40.3 Å². The first-order valence-electron chi connectivity index (χ1n) is 11.6. The van der Waals surface area contributed by atoms with Crippen LogP contribution in [0.2, 0.25) is 0 Å². The Kier molecular flexibility index (Phi) is 7.36. The second kappa shape index (κ2) is 10.6. The van der Waals surface area contributed by atoms with Crippen LogP contribution in [-0.4, -0.2) is 51.3 Å². The summed E-state index contributed by atoms with van der Waals surface area (Å²) >= 11 is 0. The molecule has 182 valence electrons. The van der Waals surface area contributed by atoms with Gasteiger partial charge in [-0.25, -0.2) is 9.37 Å². The molecule has 2 N–H and O–H groups in total. The third-order valence-electron chi connectivity index (χ3n) is 5.87. The number of nitrogens with one attached hydrogen (secondary N) is 1. The van der Waals surface area contributed by atoms with Crippen LogP contribution in [0.4, 0.5) is 27.5 Å². The van der Waals surface area contributed by atoms with E-state index in [1.807, 2.05) is 66.8 Å². The van der Waals surface area contributed by atoms with E-state index in [0.29, 0.717) is 19.5 Å². The van der Waals surface area contributed by atoms with Crippen LogP contribution in [0.1, 0.15) is 30.2 Å². The molecular formula is C26H30FN7O. The van der Waals surface area contributed by atoms with Crippen LogP contribution in [0.25, 0.3) is 10.9 Å². The number of aliphatic hydroxyl groups is 1. The summed E-state index contributed by atoms with van der Waals surface area (Å²) in [7, 11) is 1.72.